The first-order valence-corrected chi connectivity index (χ1v) is 8.51. The van der Waals surface area contributed by atoms with Crippen LogP contribution in [0.4, 0.5) is 0 Å². The standard InChI is InChI=1S/C17H15Cl2N5O2/c18-13-6-2-1-5-12(13)9-20-17(25)10-24-16(21-22-23-24)11-26-15-8-4-3-7-14(15)19/h1-8H,9-11H2,(H,20,25). The van der Waals surface area contributed by atoms with Gasteiger partial charge in [-0.2, -0.15) is 0 Å². The first-order chi connectivity index (χ1) is 12.6. The smallest absolute Gasteiger partial charge is 0.242 e. The molecule has 3 rings (SSSR count). The van der Waals surface area contributed by atoms with Gasteiger partial charge in [-0.1, -0.05) is 53.5 Å². The van der Waals surface area contributed by atoms with E-state index in [1.165, 1.54) is 4.68 Å². The predicted octanol–water partition coefficient (Wildman–Crippen LogP) is 2.88. The Balaban J connectivity index is 1.55. The van der Waals surface area contributed by atoms with E-state index in [1.807, 2.05) is 30.3 Å². The normalized spacial score (nSPS) is 10.5. The average Bonchev–Trinajstić information content (AvgIpc) is 3.07. The number of tetrazole rings is 1. The van der Waals surface area contributed by atoms with E-state index in [0.717, 1.165) is 5.56 Å². The highest BCUT2D eigenvalue weighted by Gasteiger charge is 2.12. The van der Waals surface area contributed by atoms with Crippen LogP contribution in [0, 0.1) is 0 Å². The molecule has 0 aliphatic rings. The number of nitrogens with zero attached hydrogens (tertiary/aromatic N) is 4. The molecule has 0 spiro atoms. The topological polar surface area (TPSA) is 81.9 Å². The zero-order valence-corrected chi connectivity index (χ0v) is 15.1. The number of aromatic nitrogens is 4. The molecule has 0 saturated carbocycles. The molecule has 0 unspecified atom stereocenters. The molecular weight excluding hydrogens is 377 g/mol. The zero-order valence-electron chi connectivity index (χ0n) is 13.6. The third-order valence-corrected chi connectivity index (χ3v) is 4.21. The largest absolute Gasteiger partial charge is 0.484 e. The Morgan fingerprint density at radius 1 is 1.08 bits per heavy atom. The Bertz CT molecular complexity index is 900. The Kier molecular flexibility index (Phi) is 6.04. The highest BCUT2D eigenvalue weighted by molar-refractivity contribution is 6.32. The number of ether oxygens (including phenoxy) is 1. The summed E-state index contributed by atoms with van der Waals surface area (Å²) >= 11 is 12.1. The second-order valence-corrected chi connectivity index (χ2v) is 6.15. The van der Waals surface area contributed by atoms with Gasteiger partial charge in [-0.05, 0) is 34.2 Å². The van der Waals surface area contributed by atoms with Crippen LogP contribution >= 0.6 is 23.2 Å². The Morgan fingerprint density at radius 3 is 2.58 bits per heavy atom. The van der Waals surface area contributed by atoms with Gasteiger partial charge in [0, 0.05) is 11.6 Å². The SMILES string of the molecule is O=C(Cn1nnnc1COc1ccccc1Cl)NCc1ccccc1Cl. The molecule has 0 radical (unpaired) electrons. The van der Waals surface area contributed by atoms with Crippen LogP contribution in [0.5, 0.6) is 5.75 Å². The molecule has 0 aliphatic heterocycles. The Hall–Kier alpha value is -2.64. The van der Waals surface area contributed by atoms with Crippen molar-refractivity contribution < 1.29 is 9.53 Å². The summed E-state index contributed by atoms with van der Waals surface area (Å²) in [6, 6.07) is 14.4. The van der Waals surface area contributed by atoms with Crippen LogP contribution in [0.2, 0.25) is 10.0 Å². The van der Waals surface area contributed by atoms with Crippen molar-refractivity contribution in [2.45, 2.75) is 19.7 Å². The van der Waals surface area contributed by atoms with Gasteiger partial charge >= 0.3 is 0 Å². The fraction of sp³-hybridized carbons (Fsp3) is 0.176. The van der Waals surface area contributed by atoms with Gasteiger partial charge in [-0.15, -0.1) is 5.10 Å². The first-order valence-electron chi connectivity index (χ1n) is 7.76. The summed E-state index contributed by atoms with van der Waals surface area (Å²) in [7, 11) is 0. The van der Waals surface area contributed by atoms with E-state index < -0.39 is 0 Å². The maximum absolute atomic E-state index is 12.1. The lowest BCUT2D eigenvalue weighted by Gasteiger charge is -2.09. The molecule has 3 aromatic rings. The van der Waals surface area contributed by atoms with Gasteiger partial charge in [0.05, 0.1) is 5.02 Å². The minimum Gasteiger partial charge on any atom is -0.484 e. The summed E-state index contributed by atoms with van der Waals surface area (Å²) in [4.78, 5) is 12.1. The quantitative estimate of drug-likeness (QED) is 0.669. The van der Waals surface area contributed by atoms with Crippen molar-refractivity contribution in [3.05, 3.63) is 70.0 Å². The fourth-order valence-electron chi connectivity index (χ4n) is 2.18. The van der Waals surface area contributed by atoms with E-state index in [-0.39, 0.29) is 19.1 Å². The molecule has 7 nitrogen and oxygen atoms in total. The average molecular weight is 392 g/mol. The van der Waals surface area contributed by atoms with E-state index in [2.05, 4.69) is 20.8 Å². The third-order valence-electron chi connectivity index (χ3n) is 3.53. The molecule has 1 heterocycles. The summed E-state index contributed by atoms with van der Waals surface area (Å²) in [6.07, 6.45) is 0. The van der Waals surface area contributed by atoms with Crippen LogP contribution in [0.15, 0.2) is 48.5 Å². The Morgan fingerprint density at radius 2 is 1.81 bits per heavy atom. The molecule has 2 aromatic carbocycles. The predicted molar refractivity (Wildman–Crippen MR) is 96.9 cm³/mol. The third kappa shape index (κ3) is 4.71. The number of carbonyl (C=O) groups excluding carboxylic acids is 1. The second kappa shape index (κ2) is 8.64. The number of hydrogen-bond acceptors (Lipinski definition) is 5. The van der Waals surface area contributed by atoms with Crippen LogP contribution in [0.3, 0.4) is 0 Å². The van der Waals surface area contributed by atoms with Crippen LogP contribution in [-0.2, 0) is 24.5 Å². The lowest BCUT2D eigenvalue weighted by atomic mass is 10.2. The van der Waals surface area contributed by atoms with E-state index in [4.69, 9.17) is 27.9 Å². The van der Waals surface area contributed by atoms with E-state index in [1.54, 1.807) is 18.2 Å². The molecule has 134 valence electrons. The number of nitrogens with one attached hydrogen (secondary N) is 1. The summed E-state index contributed by atoms with van der Waals surface area (Å²) in [6.45, 7) is 0.388. The maximum atomic E-state index is 12.1. The first kappa shape index (κ1) is 18.2. The highest BCUT2D eigenvalue weighted by Crippen LogP contribution is 2.23. The monoisotopic (exact) mass is 391 g/mol. The van der Waals surface area contributed by atoms with Crippen LogP contribution in [0.1, 0.15) is 11.4 Å². The summed E-state index contributed by atoms with van der Waals surface area (Å²) < 4.78 is 6.98. The molecule has 1 aromatic heterocycles. The number of benzene rings is 2. The van der Waals surface area contributed by atoms with Crippen LogP contribution < -0.4 is 10.1 Å². The molecule has 0 saturated heterocycles. The number of carbonyl (C=O) groups is 1. The van der Waals surface area contributed by atoms with Crippen molar-refractivity contribution in [1.29, 1.82) is 0 Å². The zero-order chi connectivity index (χ0) is 18.4. The minimum atomic E-state index is -0.240. The van der Waals surface area contributed by atoms with Gasteiger partial charge in [0.2, 0.25) is 5.91 Å². The molecule has 1 amide bonds. The van der Waals surface area contributed by atoms with Crippen molar-refractivity contribution in [2.24, 2.45) is 0 Å². The molecule has 0 atom stereocenters. The number of hydrogen-bond donors (Lipinski definition) is 1. The molecule has 0 bridgehead atoms. The number of para-hydroxylation sites is 1. The lowest BCUT2D eigenvalue weighted by Crippen LogP contribution is -2.28. The number of rotatable bonds is 7. The van der Waals surface area contributed by atoms with Gasteiger partial charge < -0.3 is 10.1 Å². The Labute approximate surface area is 159 Å². The second-order valence-electron chi connectivity index (χ2n) is 5.34. The summed E-state index contributed by atoms with van der Waals surface area (Å²) in [5, 5.41) is 15.2. The van der Waals surface area contributed by atoms with Gasteiger partial charge in [-0.25, -0.2) is 4.68 Å². The number of amides is 1. The van der Waals surface area contributed by atoms with Crippen molar-refractivity contribution in [3.63, 3.8) is 0 Å². The fourth-order valence-corrected chi connectivity index (χ4v) is 2.57. The van der Waals surface area contributed by atoms with Gasteiger partial charge in [0.1, 0.15) is 18.9 Å². The van der Waals surface area contributed by atoms with Crippen LogP contribution in [-0.4, -0.2) is 26.1 Å². The summed E-state index contributed by atoms with van der Waals surface area (Å²) in [5.41, 5.74) is 0.835. The molecular formula is C17H15Cl2N5O2. The van der Waals surface area contributed by atoms with Gasteiger partial charge in [-0.3, -0.25) is 4.79 Å². The summed E-state index contributed by atoms with van der Waals surface area (Å²) in [5.74, 6) is 0.695. The number of halogens is 2. The minimum absolute atomic E-state index is 0.0291. The molecule has 9 heteroatoms. The molecule has 1 N–H and O–H groups in total. The van der Waals surface area contributed by atoms with Crippen molar-refractivity contribution in [3.8, 4) is 5.75 Å². The van der Waals surface area contributed by atoms with Gasteiger partial charge in [0.25, 0.3) is 0 Å². The molecule has 0 fully saturated rings. The highest BCUT2D eigenvalue weighted by atomic mass is 35.5. The van der Waals surface area contributed by atoms with Gasteiger partial charge in [0.15, 0.2) is 5.82 Å². The van der Waals surface area contributed by atoms with E-state index in [0.29, 0.717) is 28.2 Å². The van der Waals surface area contributed by atoms with E-state index >= 15 is 0 Å². The maximum Gasteiger partial charge on any atom is 0.242 e. The lowest BCUT2D eigenvalue weighted by molar-refractivity contribution is -0.122. The molecule has 26 heavy (non-hydrogen) atoms. The molecule has 0 aliphatic carbocycles. The van der Waals surface area contributed by atoms with Crippen LogP contribution in [0.25, 0.3) is 0 Å². The van der Waals surface area contributed by atoms with E-state index in [9.17, 15) is 4.79 Å². The van der Waals surface area contributed by atoms with Crippen molar-refractivity contribution in [2.75, 3.05) is 0 Å². The van der Waals surface area contributed by atoms with Crippen molar-refractivity contribution in [1.82, 2.24) is 25.5 Å². The van der Waals surface area contributed by atoms with Crippen molar-refractivity contribution >= 4 is 29.1 Å².